The van der Waals surface area contributed by atoms with Crippen LogP contribution in [0.15, 0.2) is 47.8 Å². The molecule has 3 rings (SSSR count). The average Bonchev–Trinajstić information content (AvgIpc) is 3.33. The van der Waals surface area contributed by atoms with Crippen LogP contribution < -0.4 is 29.6 Å². The number of hydrogen-bond donors (Lipinski definition) is 2. The van der Waals surface area contributed by atoms with Crippen molar-refractivity contribution in [2.24, 2.45) is 0 Å². The molecule has 0 aliphatic carbocycles. The number of nitrogens with zero attached hydrogens (tertiary/aromatic N) is 1. The summed E-state index contributed by atoms with van der Waals surface area (Å²) in [6.45, 7) is -0.0512. The molecule has 2 amide bonds. The van der Waals surface area contributed by atoms with E-state index >= 15 is 0 Å². The first-order valence-electron chi connectivity index (χ1n) is 10.3. The Morgan fingerprint density at radius 3 is 2.17 bits per heavy atom. The number of halogens is 3. The number of thiazole rings is 1. The third-order valence-electron chi connectivity index (χ3n) is 4.51. The van der Waals surface area contributed by atoms with Gasteiger partial charge in [-0.1, -0.05) is 0 Å². The van der Waals surface area contributed by atoms with E-state index in [4.69, 9.17) is 14.2 Å². The van der Waals surface area contributed by atoms with Crippen molar-refractivity contribution >= 4 is 23.2 Å². The van der Waals surface area contributed by atoms with Crippen LogP contribution in [0.2, 0.25) is 0 Å². The molecule has 0 unspecified atom stereocenters. The molecule has 1 heterocycles. The molecule has 0 aliphatic heterocycles. The van der Waals surface area contributed by atoms with Gasteiger partial charge in [-0.25, -0.2) is 4.98 Å². The molecule has 0 saturated carbocycles. The van der Waals surface area contributed by atoms with Crippen LogP contribution in [0, 0.1) is 0 Å². The molecule has 3 aromatic rings. The fourth-order valence-electron chi connectivity index (χ4n) is 2.85. The van der Waals surface area contributed by atoms with Crippen molar-refractivity contribution in [3.8, 4) is 23.0 Å². The third kappa shape index (κ3) is 8.34. The lowest BCUT2D eigenvalue weighted by Crippen LogP contribution is -2.28. The molecule has 0 fully saturated rings. The Morgan fingerprint density at radius 1 is 0.917 bits per heavy atom. The van der Waals surface area contributed by atoms with Gasteiger partial charge in [0.2, 0.25) is 0 Å². The third-order valence-corrected chi connectivity index (χ3v) is 5.36. The van der Waals surface area contributed by atoms with Crippen molar-refractivity contribution in [1.82, 2.24) is 15.6 Å². The summed E-state index contributed by atoms with van der Waals surface area (Å²) >= 11 is 1.20. The van der Waals surface area contributed by atoms with Crippen LogP contribution in [0.1, 0.15) is 21.1 Å². The largest absolute Gasteiger partial charge is 0.573 e. The number of hydrogen-bond acceptors (Lipinski definition) is 8. The topological polar surface area (TPSA) is 108 Å². The molecular formula is C23H22F3N3O6S. The summed E-state index contributed by atoms with van der Waals surface area (Å²) in [7, 11) is 3.07. The van der Waals surface area contributed by atoms with Crippen molar-refractivity contribution in [1.29, 1.82) is 0 Å². The summed E-state index contributed by atoms with van der Waals surface area (Å²) in [5.74, 6) is 0.141. The number of methoxy groups -OCH3 is 2. The van der Waals surface area contributed by atoms with Crippen LogP contribution in [-0.4, -0.2) is 44.0 Å². The molecular weight excluding hydrogens is 503 g/mol. The lowest BCUT2D eigenvalue weighted by Gasteiger charge is -2.10. The van der Waals surface area contributed by atoms with E-state index in [1.54, 1.807) is 23.6 Å². The number of aromatic nitrogens is 1. The number of carbonyl (C=O) groups excluding carboxylic acids is 2. The summed E-state index contributed by atoms with van der Waals surface area (Å²) < 4.78 is 56.0. The molecule has 9 nitrogen and oxygen atoms in total. The van der Waals surface area contributed by atoms with E-state index in [9.17, 15) is 22.8 Å². The highest BCUT2D eigenvalue weighted by molar-refractivity contribution is 7.09. The molecule has 0 aliphatic rings. The Bertz CT molecular complexity index is 1160. The van der Waals surface area contributed by atoms with Gasteiger partial charge in [0.25, 0.3) is 11.8 Å². The van der Waals surface area contributed by atoms with Gasteiger partial charge in [0.05, 0.1) is 20.8 Å². The Balaban J connectivity index is 1.43. The van der Waals surface area contributed by atoms with Crippen LogP contribution >= 0.6 is 11.3 Å². The Hall–Kier alpha value is -4.00. The summed E-state index contributed by atoms with van der Waals surface area (Å²) in [5.41, 5.74) is 0.987. The van der Waals surface area contributed by atoms with Crippen LogP contribution in [0.25, 0.3) is 0 Å². The van der Waals surface area contributed by atoms with E-state index in [0.29, 0.717) is 16.5 Å². The minimum atomic E-state index is -4.79. The number of rotatable bonds is 11. The Kier molecular flexibility index (Phi) is 8.95. The number of carbonyl (C=O) groups is 2. The minimum Gasteiger partial charge on any atom is -0.497 e. The van der Waals surface area contributed by atoms with E-state index in [0.717, 1.165) is 17.7 Å². The molecule has 36 heavy (non-hydrogen) atoms. The maximum absolute atomic E-state index is 12.4. The van der Waals surface area contributed by atoms with Crippen molar-refractivity contribution in [2.45, 2.75) is 19.5 Å². The maximum Gasteiger partial charge on any atom is 0.573 e. The zero-order chi connectivity index (χ0) is 26.1. The molecule has 0 radical (unpaired) electrons. The van der Waals surface area contributed by atoms with Crippen LogP contribution in [0.3, 0.4) is 0 Å². The van der Waals surface area contributed by atoms with Crippen LogP contribution in [-0.2, 0) is 17.9 Å². The normalized spacial score (nSPS) is 10.9. The molecule has 0 atom stereocenters. The second-order valence-electron chi connectivity index (χ2n) is 7.11. The predicted octanol–water partition coefficient (Wildman–Crippen LogP) is 3.68. The number of alkyl halides is 3. The lowest BCUT2D eigenvalue weighted by atomic mass is 10.2. The van der Waals surface area contributed by atoms with E-state index in [2.05, 4.69) is 20.4 Å². The summed E-state index contributed by atoms with van der Waals surface area (Å²) in [4.78, 5) is 28.7. The number of ether oxygens (including phenoxy) is 4. The molecule has 1 aromatic heterocycles. The predicted molar refractivity (Wildman–Crippen MR) is 123 cm³/mol. The molecule has 2 N–H and O–H groups in total. The molecule has 0 saturated heterocycles. The Morgan fingerprint density at radius 2 is 1.56 bits per heavy atom. The second-order valence-corrected chi connectivity index (χ2v) is 8.06. The van der Waals surface area contributed by atoms with Crippen LogP contribution in [0.4, 0.5) is 13.2 Å². The van der Waals surface area contributed by atoms with Gasteiger partial charge in [-0.05, 0) is 42.0 Å². The van der Waals surface area contributed by atoms with Gasteiger partial charge in [-0.15, -0.1) is 24.5 Å². The molecule has 192 valence electrons. The lowest BCUT2D eigenvalue weighted by molar-refractivity contribution is -0.274. The highest BCUT2D eigenvalue weighted by Crippen LogP contribution is 2.25. The highest BCUT2D eigenvalue weighted by atomic mass is 32.1. The van der Waals surface area contributed by atoms with Gasteiger partial charge in [0.15, 0.2) is 6.61 Å². The van der Waals surface area contributed by atoms with Gasteiger partial charge in [-0.2, -0.15) is 0 Å². The van der Waals surface area contributed by atoms with Crippen molar-refractivity contribution in [3.63, 3.8) is 0 Å². The van der Waals surface area contributed by atoms with E-state index in [1.165, 1.54) is 37.7 Å². The first-order valence-corrected chi connectivity index (χ1v) is 11.2. The number of benzene rings is 2. The zero-order valence-electron chi connectivity index (χ0n) is 19.2. The fraction of sp³-hybridized carbons (Fsp3) is 0.261. The molecule has 2 aromatic carbocycles. The quantitative estimate of drug-likeness (QED) is 0.393. The molecule has 0 bridgehead atoms. The van der Waals surface area contributed by atoms with E-state index in [1.807, 2.05) is 0 Å². The molecule has 0 spiro atoms. The fourth-order valence-corrected chi connectivity index (χ4v) is 3.56. The summed E-state index contributed by atoms with van der Waals surface area (Å²) in [6.07, 6.45) is -4.79. The van der Waals surface area contributed by atoms with Crippen LogP contribution in [0.5, 0.6) is 23.0 Å². The van der Waals surface area contributed by atoms with Crippen molar-refractivity contribution < 1.29 is 41.7 Å². The van der Waals surface area contributed by atoms with Gasteiger partial charge in [-0.3, -0.25) is 9.59 Å². The first-order chi connectivity index (χ1) is 17.1. The zero-order valence-corrected chi connectivity index (χ0v) is 20.0. The van der Waals surface area contributed by atoms with Gasteiger partial charge >= 0.3 is 6.36 Å². The first kappa shape index (κ1) is 26.6. The number of nitrogens with one attached hydrogen (secondary N) is 2. The van der Waals surface area contributed by atoms with E-state index < -0.39 is 18.0 Å². The summed E-state index contributed by atoms with van der Waals surface area (Å²) in [5, 5.41) is 7.44. The average molecular weight is 526 g/mol. The van der Waals surface area contributed by atoms with Crippen molar-refractivity contribution in [2.75, 3.05) is 20.8 Å². The maximum atomic E-state index is 12.4. The SMILES string of the molecule is COc1cc(CNC(=O)c2csc(CNC(=O)COc3ccc(OC(F)(F)F)cc3)n2)cc(OC)c1. The highest BCUT2D eigenvalue weighted by Gasteiger charge is 2.31. The van der Waals surface area contributed by atoms with Gasteiger partial charge in [0.1, 0.15) is 33.7 Å². The smallest absolute Gasteiger partial charge is 0.497 e. The Labute approximate surface area is 208 Å². The van der Waals surface area contributed by atoms with Gasteiger partial charge in [0, 0.05) is 18.0 Å². The number of amides is 2. The standard InChI is InChI=1S/C23H22F3N3O6S/c1-32-17-7-14(8-18(9-17)33-2)10-28-22(31)19-13-36-21(29-19)11-27-20(30)12-34-15-3-5-16(6-4-15)35-23(24,25)26/h3-9,13H,10-12H2,1-2H3,(H,27,30)(H,28,31). The molecule has 13 heteroatoms. The van der Waals surface area contributed by atoms with Crippen molar-refractivity contribution in [3.05, 3.63) is 64.1 Å². The summed E-state index contributed by atoms with van der Waals surface area (Å²) in [6, 6.07) is 9.93. The second kappa shape index (κ2) is 12.1. The van der Waals surface area contributed by atoms with Gasteiger partial charge < -0.3 is 29.6 Å². The monoisotopic (exact) mass is 525 g/mol. The van der Waals surface area contributed by atoms with E-state index in [-0.39, 0.29) is 37.0 Å². The minimum absolute atomic E-state index is 0.0750.